The summed E-state index contributed by atoms with van der Waals surface area (Å²) in [6.07, 6.45) is 0. The minimum atomic E-state index is 0.650. The molecule has 0 spiro atoms. The van der Waals surface area contributed by atoms with E-state index in [1.807, 2.05) is 25.1 Å². The van der Waals surface area contributed by atoms with Gasteiger partial charge in [0.1, 0.15) is 5.75 Å². The van der Waals surface area contributed by atoms with Crippen LogP contribution in [-0.2, 0) is 6.54 Å². The molecule has 0 aliphatic carbocycles. The van der Waals surface area contributed by atoms with Gasteiger partial charge in [-0.05, 0) is 53.5 Å². The van der Waals surface area contributed by atoms with Crippen molar-refractivity contribution in [3.63, 3.8) is 0 Å². The third kappa shape index (κ3) is 3.76. The van der Waals surface area contributed by atoms with Gasteiger partial charge in [0.25, 0.3) is 0 Å². The lowest BCUT2D eigenvalue weighted by Gasteiger charge is -2.15. The van der Waals surface area contributed by atoms with E-state index in [1.165, 1.54) is 5.56 Å². The van der Waals surface area contributed by atoms with E-state index in [0.29, 0.717) is 6.61 Å². The van der Waals surface area contributed by atoms with E-state index in [9.17, 15) is 0 Å². The summed E-state index contributed by atoms with van der Waals surface area (Å²) in [6, 6.07) is 12.4. The van der Waals surface area contributed by atoms with Crippen molar-refractivity contribution in [2.45, 2.75) is 20.4 Å². The molecule has 0 atom stereocenters. The molecule has 106 valence electrons. The quantitative estimate of drug-likeness (QED) is 0.714. The molecule has 0 unspecified atom stereocenters. The van der Waals surface area contributed by atoms with Crippen molar-refractivity contribution in [1.82, 2.24) is 0 Å². The summed E-state index contributed by atoms with van der Waals surface area (Å²) in [6.45, 7) is 5.46. The molecule has 0 aliphatic heterocycles. The number of hydrogen-bond donors (Lipinski definition) is 1. The summed E-state index contributed by atoms with van der Waals surface area (Å²) in [5.41, 5.74) is 3.50. The van der Waals surface area contributed by atoms with Crippen LogP contribution < -0.4 is 10.1 Å². The number of para-hydroxylation sites is 1. The molecule has 0 bridgehead atoms. The monoisotopic (exact) mass is 397 g/mol. The zero-order valence-electron chi connectivity index (χ0n) is 11.5. The molecule has 2 nitrogen and oxygen atoms in total. The standard InChI is InChI=1S/C16H17Br2NO/c1-3-20-16-12(8-13(17)9-14(16)18)10-19-15-7-5-4-6-11(15)2/h4-9,19H,3,10H2,1-2H3. The van der Waals surface area contributed by atoms with Crippen LogP contribution in [0.15, 0.2) is 45.3 Å². The summed E-state index contributed by atoms with van der Waals surface area (Å²) >= 11 is 7.08. The predicted octanol–water partition coefficient (Wildman–Crippen LogP) is 5.53. The molecule has 0 saturated carbocycles. The maximum atomic E-state index is 5.73. The van der Waals surface area contributed by atoms with Crippen molar-refractivity contribution in [3.8, 4) is 5.75 Å². The molecule has 2 rings (SSSR count). The topological polar surface area (TPSA) is 21.3 Å². The van der Waals surface area contributed by atoms with Gasteiger partial charge in [0.15, 0.2) is 0 Å². The van der Waals surface area contributed by atoms with Gasteiger partial charge in [-0.15, -0.1) is 0 Å². The predicted molar refractivity (Wildman–Crippen MR) is 91.5 cm³/mol. The molecule has 0 saturated heterocycles. The Bertz CT molecular complexity index is 599. The number of anilines is 1. The number of hydrogen-bond acceptors (Lipinski definition) is 2. The number of benzene rings is 2. The van der Waals surface area contributed by atoms with E-state index >= 15 is 0 Å². The Kier molecular flexibility index (Phi) is 5.49. The minimum absolute atomic E-state index is 0.650. The SMILES string of the molecule is CCOc1c(Br)cc(Br)cc1CNc1ccccc1C. The van der Waals surface area contributed by atoms with E-state index in [0.717, 1.165) is 32.5 Å². The summed E-state index contributed by atoms with van der Waals surface area (Å²) < 4.78 is 7.74. The Balaban J connectivity index is 2.22. The van der Waals surface area contributed by atoms with Crippen molar-refractivity contribution in [2.75, 3.05) is 11.9 Å². The van der Waals surface area contributed by atoms with Gasteiger partial charge in [-0.1, -0.05) is 34.1 Å². The average molecular weight is 399 g/mol. The van der Waals surface area contributed by atoms with Crippen LogP contribution in [0.5, 0.6) is 5.75 Å². The fourth-order valence-corrected chi connectivity index (χ4v) is 3.44. The second kappa shape index (κ2) is 7.14. The number of rotatable bonds is 5. The Morgan fingerprint density at radius 3 is 2.60 bits per heavy atom. The molecule has 0 aliphatic rings. The molecule has 0 amide bonds. The Labute approximate surface area is 136 Å². The molecule has 0 radical (unpaired) electrons. The van der Waals surface area contributed by atoms with Crippen LogP contribution in [0.2, 0.25) is 0 Å². The fraction of sp³-hybridized carbons (Fsp3) is 0.250. The molecule has 0 heterocycles. The first kappa shape index (κ1) is 15.4. The van der Waals surface area contributed by atoms with Crippen molar-refractivity contribution < 1.29 is 4.74 Å². The van der Waals surface area contributed by atoms with Gasteiger partial charge in [-0.3, -0.25) is 0 Å². The van der Waals surface area contributed by atoms with Crippen molar-refractivity contribution in [1.29, 1.82) is 0 Å². The highest BCUT2D eigenvalue weighted by Gasteiger charge is 2.10. The highest BCUT2D eigenvalue weighted by molar-refractivity contribution is 9.11. The largest absolute Gasteiger partial charge is 0.492 e. The molecule has 1 N–H and O–H groups in total. The van der Waals surface area contributed by atoms with Gasteiger partial charge in [0.05, 0.1) is 11.1 Å². The second-order valence-corrected chi connectivity index (χ2v) is 6.25. The van der Waals surface area contributed by atoms with Crippen LogP contribution in [0.1, 0.15) is 18.1 Å². The second-order valence-electron chi connectivity index (χ2n) is 4.48. The van der Waals surface area contributed by atoms with Crippen LogP contribution in [0.4, 0.5) is 5.69 Å². The van der Waals surface area contributed by atoms with Gasteiger partial charge < -0.3 is 10.1 Å². The lowest BCUT2D eigenvalue weighted by Crippen LogP contribution is -2.05. The number of ether oxygens (including phenoxy) is 1. The van der Waals surface area contributed by atoms with E-state index in [-0.39, 0.29) is 0 Å². The minimum Gasteiger partial charge on any atom is -0.492 e. The number of halogens is 2. The van der Waals surface area contributed by atoms with Gasteiger partial charge in [0.2, 0.25) is 0 Å². The smallest absolute Gasteiger partial charge is 0.138 e. The molecule has 2 aromatic rings. The molecule has 2 aromatic carbocycles. The normalized spacial score (nSPS) is 10.4. The van der Waals surface area contributed by atoms with Gasteiger partial charge >= 0.3 is 0 Å². The van der Waals surface area contributed by atoms with Crippen molar-refractivity contribution in [2.24, 2.45) is 0 Å². The molecular weight excluding hydrogens is 382 g/mol. The summed E-state index contributed by atoms with van der Waals surface area (Å²) in [5.74, 6) is 0.900. The average Bonchev–Trinajstić information content (AvgIpc) is 2.41. The van der Waals surface area contributed by atoms with E-state index in [1.54, 1.807) is 0 Å². The third-order valence-corrected chi connectivity index (χ3v) is 4.04. The molecule has 0 aromatic heterocycles. The Hall–Kier alpha value is -1.00. The first-order chi connectivity index (χ1) is 9.61. The zero-order valence-corrected chi connectivity index (χ0v) is 14.7. The first-order valence-corrected chi connectivity index (χ1v) is 8.10. The zero-order chi connectivity index (χ0) is 14.5. The fourth-order valence-electron chi connectivity index (χ4n) is 2.01. The molecular formula is C16H17Br2NO. The van der Waals surface area contributed by atoms with Crippen LogP contribution in [0.25, 0.3) is 0 Å². The van der Waals surface area contributed by atoms with Gasteiger partial charge in [0, 0.05) is 22.3 Å². The highest BCUT2D eigenvalue weighted by atomic mass is 79.9. The van der Waals surface area contributed by atoms with Crippen molar-refractivity contribution in [3.05, 3.63) is 56.5 Å². The summed E-state index contributed by atoms with van der Waals surface area (Å²) in [7, 11) is 0. The van der Waals surface area contributed by atoms with Gasteiger partial charge in [-0.2, -0.15) is 0 Å². The Morgan fingerprint density at radius 1 is 1.15 bits per heavy atom. The lowest BCUT2D eigenvalue weighted by molar-refractivity contribution is 0.334. The van der Waals surface area contributed by atoms with E-state index in [4.69, 9.17) is 4.74 Å². The molecule has 20 heavy (non-hydrogen) atoms. The van der Waals surface area contributed by atoms with E-state index < -0.39 is 0 Å². The maximum Gasteiger partial charge on any atom is 0.138 e. The molecule has 4 heteroatoms. The van der Waals surface area contributed by atoms with Crippen LogP contribution in [0, 0.1) is 6.92 Å². The van der Waals surface area contributed by atoms with Crippen LogP contribution >= 0.6 is 31.9 Å². The lowest BCUT2D eigenvalue weighted by atomic mass is 10.1. The highest BCUT2D eigenvalue weighted by Crippen LogP contribution is 2.33. The van der Waals surface area contributed by atoms with Gasteiger partial charge in [-0.25, -0.2) is 0 Å². The number of nitrogens with one attached hydrogen (secondary N) is 1. The van der Waals surface area contributed by atoms with Crippen LogP contribution in [-0.4, -0.2) is 6.61 Å². The first-order valence-electron chi connectivity index (χ1n) is 6.52. The Morgan fingerprint density at radius 2 is 1.90 bits per heavy atom. The summed E-state index contributed by atoms with van der Waals surface area (Å²) in [5, 5.41) is 3.46. The van der Waals surface area contributed by atoms with E-state index in [2.05, 4.69) is 62.3 Å². The van der Waals surface area contributed by atoms with Crippen LogP contribution in [0.3, 0.4) is 0 Å². The van der Waals surface area contributed by atoms with Crippen molar-refractivity contribution >= 4 is 37.5 Å². The maximum absolute atomic E-state index is 5.73. The summed E-state index contributed by atoms with van der Waals surface area (Å²) in [4.78, 5) is 0. The number of aryl methyl sites for hydroxylation is 1. The third-order valence-electron chi connectivity index (χ3n) is 2.99. The molecule has 0 fully saturated rings.